The zero-order valence-electron chi connectivity index (χ0n) is 17.5. The molecule has 2 aromatic carbocycles. The van der Waals surface area contributed by atoms with Crippen molar-refractivity contribution in [3.05, 3.63) is 53.6 Å². The molecule has 0 saturated carbocycles. The van der Waals surface area contributed by atoms with Gasteiger partial charge >= 0.3 is 5.97 Å². The second-order valence-electron chi connectivity index (χ2n) is 7.21. The summed E-state index contributed by atoms with van der Waals surface area (Å²) >= 11 is 0. The average Bonchev–Trinajstić information content (AvgIpc) is 3.26. The summed E-state index contributed by atoms with van der Waals surface area (Å²) in [6.07, 6.45) is 1.21. The van der Waals surface area contributed by atoms with E-state index < -0.39 is 18.0 Å². The first-order valence-electron chi connectivity index (χ1n) is 9.97. The third kappa shape index (κ3) is 5.73. The molecule has 3 rings (SSSR count). The largest absolute Gasteiger partial charge is 0.495 e. The third-order valence-corrected chi connectivity index (χ3v) is 4.82. The predicted octanol–water partition coefficient (Wildman–Crippen LogP) is 3.75. The number of benzene rings is 2. The molecule has 0 spiro atoms. The van der Waals surface area contributed by atoms with Crippen LogP contribution in [0.25, 0.3) is 0 Å². The molecule has 2 aromatic rings. The van der Waals surface area contributed by atoms with Gasteiger partial charge in [0.2, 0.25) is 0 Å². The molecule has 30 heavy (non-hydrogen) atoms. The third-order valence-electron chi connectivity index (χ3n) is 4.82. The quantitative estimate of drug-likeness (QED) is 0.664. The number of amides is 1. The van der Waals surface area contributed by atoms with Crippen molar-refractivity contribution in [2.24, 2.45) is 0 Å². The van der Waals surface area contributed by atoms with E-state index in [1.165, 1.54) is 14.0 Å². The van der Waals surface area contributed by atoms with Gasteiger partial charge in [0.15, 0.2) is 6.10 Å². The van der Waals surface area contributed by atoms with Crippen LogP contribution in [0.15, 0.2) is 42.5 Å². The smallest absolute Gasteiger partial charge is 0.338 e. The molecule has 1 amide bonds. The van der Waals surface area contributed by atoms with Gasteiger partial charge < -0.3 is 24.3 Å². The molecule has 2 atom stereocenters. The molecule has 1 fully saturated rings. The molecule has 0 radical (unpaired) electrons. The van der Waals surface area contributed by atoms with Crippen molar-refractivity contribution in [1.82, 2.24) is 0 Å². The molecule has 1 heterocycles. The van der Waals surface area contributed by atoms with Gasteiger partial charge in [0.25, 0.3) is 5.91 Å². The monoisotopic (exact) mass is 413 g/mol. The Kier molecular flexibility index (Phi) is 7.30. The lowest BCUT2D eigenvalue weighted by Crippen LogP contribution is -2.30. The Morgan fingerprint density at radius 3 is 2.63 bits per heavy atom. The number of methoxy groups -OCH3 is 1. The van der Waals surface area contributed by atoms with Crippen LogP contribution in [0.2, 0.25) is 0 Å². The van der Waals surface area contributed by atoms with E-state index in [2.05, 4.69) is 5.32 Å². The Bertz CT molecular complexity index is 874. The summed E-state index contributed by atoms with van der Waals surface area (Å²) in [7, 11) is 1.53. The van der Waals surface area contributed by atoms with Crippen molar-refractivity contribution in [3.8, 4) is 11.5 Å². The summed E-state index contributed by atoms with van der Waals surface area (Å²) in [5.74, 6) is 0.161. The molecule has 0 aromatic heterocycles. The van der Waals surface area contributed by atoms with Crippen LogP contribution in [0.5, 0.6) is 11.5 Å². The number of rotatable bonds is 8. The van der Waals surface area contributed by atoms with Crippen LogP contribution >= 0.6 is 0 Å². The van der Waals surface area contributed by atoms with E-state index in [1.54, 1.807) is 36.4 Å². The fourth-order valence-corrected chi connectivity index (χ4v) is 3.09. The van der Waals surface area contributed by atoms with Gasteiger partial charge in [0, 0.05) is 6.61 Å². The Labute approximate surface area is 176 Å². The number of esters is 1. The summed E-state index contributed by atoms with van der Waals surface area (Å²) < 4.78 is 21.8. The Hall–Kier alpha value is -3.06. The van der Waals surface area contributed by atoms with Crippen LogP contribution in [-0.4, -0.2) is 44.4 Å². The van der Waals surface area contributed by atoms with Crippen LogP contribution in [0.3, 0.4) is 0 Å². The van der Waals surface area contributed by atoms with Crippen LogP contribution in [0.1, 0.15) is 35.7 Å². The molecule has 7 heteroatoms. The highest BCUT2D eigenvalue weighted by molar-refractivity contribution is 5.98. The molecule has 1 saturated heterocycles. The van der Waals surface area contributed by atoms with Crippen molar-refractivity contribution in [2.45, 2.75) is 38.9 Å². The van der Waals surface area contributed by atoms with Gasteiger partial charge in [-0.1, -0.05) is 6.07 Å². The average molecular weight is 413 g/mol. The SMILES string of the molecule is COc1ccc(C)cc1NC(=O)[C@@H](C)OC(=O)c1ccc(OC[C@H]2CCCO2)cc1. The summed E-state index contributed by atoms with van der Waals surface area (Å²) in [4.78, 5) is 24.8. The predicted molar refractivity (Wildman–Crippen MR) is 112 cm³/mol. The highest BCUT2D eigenvalue weighted by Gasteiger charge is 2.21. The Balaban J connectivity index is 1.53. The normalized spacial score (nSPS) is 16.6. The Morgan fingerprint density at radius 1 is 1.20 bits per heavy atom. The fraction of sp³-hybridized carbons (Fsp3) is 0.391. The highest BCUT2D eigenvalue weighted by atomic mass is 16.5. The van der Waals surface area contributed by atoms with Gasteiger partial charge in [-0.25, -0.2) is 4.79 Å². The number of carbonyl (C=O) groups is 2. The van der Waals surface area contributed by atoms with Gasteiger partial charge in [0.05, 0.1) is 24.5 Å². The van der Waals surface area contributed by atoms with E-state index in [0.717, 1.165) is 25.0 Å². The van der Waals surface area contributed by atoms with E-state index in [4.69, 9.17) is 18.9 Å². The minimum Gasteiger partial charge on any atom is -0.495 e. The van der Waals surface area contributed by atoms with E-state index in [-0.39, 0.29) is 6.10 Å². The van der Waals surface area contributed by atoms with E-state index in [9.17, 15) is 9.59 Å². The Morgan fingerprint density at radius 2 is 1.97 bits per heavy atom. The zero-order valence-corrected chi connectivity index (χ0v) is 17.5. The number of anilines is 1. The molecule has 160 valence electrons. The van der Waals surface area contributed by atoms with Crippen molar-refractivity contribution in [2.75, 3.05) is 25.6 Å². The van der Waals surface area contributed by atoms with E-state index in [0.29, 0.717) is 29.4 Å². The standard InChI is InChI=1S/C23H27NO6/c1-15-6-11-21(27-3)20(13-15)24-22(25)16(2)30-23(26)17-7-9-18(10-8-17)29-14-19-5-4-12-28-19/h6-11,13,16,19H,4-5,12,14H2,1-3H3,(H,24,25)/t16-,19-/m1/s1. The second kappa shape index (κ2) is 10.1. The summed E-state index contributed by atoms with van der Waals surface area (Å²) in [6.45, 7) is 4.70. The number of hydrogen-bond donors (Lipinski definition) is 1. The number of aryl methyl sites for hydroxylation is 1. The second-order valence-corrected chi connectivity index (χ2v) is 7.21. The fourth-order valence-electron chi connectivity index (χ4n) is 3.09. The minimum atomic E-state index is -0.974. The lowest BCUT2D eigenvalue weighted by molar-refractivity contribution is -0.123. The van der Waals surface area contributed by atoms with E-state index in [1.807, 2.05) is 13.0 Å². The van der Waals surface area contributed by atoms with Gasteiger partial charge in [-0.15, -0.1) is 0 Å². The first-order valence-corrected chi connectivity index (χ1v) is 9.97. The van der Waals surface area contributed by atoms with Crippen LogP contribution in [-0.2, 0) is 14.3 Å². The summed E-state index contributed by atoms with van der Waals surface area (Å²) in [6, 6.07) is 12.1. The van der Waals surface area contributed by atoms with E-state index >= 15 is 0 Å². The van der Waals surface area contributed by atoms with Gasteiger partial charge in [0.1, 0.15) is 18.1 Å². The lowest BCUT2D eigenvalue weighted by Gasteiger charge is -2.16. The van der Waals surface area contributed by atoms with Gasteiger partial charge in [-0.05, 0) is 68.7 Å². The molecule has 1 aliphatic heterocycles. The summed E-state index contributed by atoms with van der Waals surface area (Å²) in [5, 5.41) is 2.74. The first-order chi connectivity index (χ1) is 14.5. The molecule has 0 unspecified atom stereocenters. The molecule has 1 N–H and O–H groups in total. The maximum Gasteiger partial charge on any atom is 0.338 e. The molecule has 0 aliphatic carbocycles. The number of nitrogens with one attached hydrogen (secondary N) is 1. The molecule has 1 aliphatic rings. The molecule has 7 nitrogen and oxygen atoms in total. The topological polar surface area (TPSA) is 83.1 Å². The summed E-state index contributed by atoms with van der Waals surface area (Å²) in [5.41, 5.74) is 1.84. The van der Waals surface area contributed by atoms with Gasteiger partial charge in [-0.2, -0.15) is 0 Å². The zero-order chi connectivity index (χ0) is 21.5. The number of hydrogen-bond acceptors (Lipinski definition) is 6. The maximum absolute atomic E-state index is 12.4. The molecular weight excluding hydrogens is 386 g/mol. The lowest BCUT2D eigenvalue weighted by atomic mass is 10.2. The van der Waals surface area contributed by atoms with Crippen molar-refractivity contribution >= 4 is 17.6 Å². The van der Waals surface area contributed by atoms with Crippen molar-refractivity contribution in [1.29, 1.82) is 0 Å². The highest BCUT2D eigenvalue weighted by Crippen LogP contribution is 2.25. The minimum absolute atomic E-state index is 0.126. The number of ether oxygens (including phenoxy) is 4. The van der Waals surface area contributed by atoms with Crippen LogP contribution < -0.4 is 14.8 Å². The molecule has 0 bridgehead atoms. The van der Waals surface area contributed by atoms with Crippen molar-refractivity contribution in [3.63, 3.8) is 0 Å². The molecular formula is C23H27NO6. The first kappa shape index (κ1) is 21.6. The number of carbonyl (C=O) groups excluding carboxylic acids is 2. The maximum atomic E-state index is 12.4. The van der Waals surface area contributed by atoms with Crippen LogP contribution in [0.4, 0.5) is 5.69 Å². The van der Waals surface area contributed by atoms with Crippen molar-refractivity contribution < 1.29 is 28.5 Å². The van der Waals surface area contributed by atoms with Crippen LogP contribution in [0, 0.1) is 6.92 Å². The van der Waals surface area contributed by atoms with Gasteiger partial charge in [-0.3, -0.25) is 4.79 Å².